The molecule has 1 aliphatic rings. The fourth-order valence-corrected chi connectivity index (χ4v) is 3.33. The van der Waals surface area contributed by atoms with Gasteiger partial charge in [0.15, 0.2) is 0 Å². The molecule has 1 aliphatic heterocycles. The van der Waals surface area contributed by atoms with Crippen LogP contribution in [0.25, 0.3) is 0 Å². The fourth-order valence-electron chi connectivity index (χ4n) is 3.33. The van der Waals surface area contributed by atoms with Crippen LogP contribution in [0.3, 0.4) is 0 Å². The molecule has 2 aromatic rings. The van der Waals surface area contributed by atoms with Gasteiger partial charge in [0.1, 0.15) is 0 Å². The van der Waals surface area contributed by atoms with E-state index in [0.29, 0.717) is 6.42 Å². The average Bonchev–Trinajstić information content (AvgIpc) is 2.64. The Kier molecular flexibility index (Phi) is 5.61. The lowest BCUT2D eigenvalue weighted by atomic mass is 9.97. The van der Waals surface area contributed by atoms with Crippen molar-refractivity contribution in [3.8, 4) is 0 Å². The van der Waals surface area contributed by atoms with E-state index in [1.165, 1.54) is 0 Å². The molecular weight excluding hydrogens is 338 g/mol. The Morgan fingerprint density at radius 2 is 1.85 bits per heavy atom. The molecule has 3 rings (SSSR count). The van der Waals surface area contributed by atoms with E-state index in [4.69, 9.17) is 0 Å². The van der Waals surface area contributed by atoms with Gasteiger partial charge in [-0.05, 0) is 68.5 Å². The molecule has 0 spiro atoms. The van der Waals surface area contributed by atoms with Crippen molar-refractivity contribution in [2.75, 3.05) is 10.6 Å². The summed E-state index contributed by atoms with van der Waals surface area (Å²) in [5.74, 6) is 0.0129. The molecule has 0 radical (unpaired) electrons. The van der Waals surface area contributed by atoms with E-state index in [1.807, 2.05) is 58.0 Å². The Balaban J connectivity index is 1.64. The first-order valence-corrected chi connectivity index (χ1v) is 9.40. The highest BCUT2D eigenvalue weighted by atomic mass is 16.2. The zero-order chi connectivity index (χ0) is 19.6. The number of benzene rings is 2. The van der Waals surface area contributed by atoms with E-state index < -0.39 is 0 Å². The minimum Gasteiger partial charge on any atom is -0.326 e. The van der Waals surface area contributed by atoms with Crippen LogP contribution in [0.5, 0.6) is 0 Å². The molecule has 5 nitrogen and oxygen atoms in total. The van der Waals surface area contributed by atoms with E-state index in [-0.39, 0.29) is 23.9 Å². The third kappa shape index (κ3) is 4.55. The summed E-state index contributed by atoms with van der Waals surface area (Å²) < 4.78 is 0. The molecule has 0 bridgehead atoms. The lowest BCUT2D eigenvalue weighted by molar-refractivity contribution is -0.118. The number of fused-ring (bicyclic) bond motifs is 1. The molecule has 0 aliphatic carbocycles. The normalized spacial score (nSPS) is 15.5. The van der Waals surface area contributed by atoms with Crippen molar-refractivity contribution in [3.05, 3.63) is 58.7 Å². The van der Waals surface area contributed by atoms with Crippen LogP contribution in [0.2, 0.25) is 0 Å². The second kappa shape index (κ2) is 7.92. The Labute approximate surface area is 160 Å². The van der Waals surface area contributed by atoms with Gasteiger partial charge >= 0.3 is 0 Å². The molecule has 0 unspecified atom stereocenters. The van der Waals surface area contributed by atoms with E-state index in [0.717, 1.165) is 40.0 Å². The average molecular weight is 365 g/mol. The molecule has 0 fully saturated rings. The molecule has 5 heteroatoms. The predicted octanol–water partition coefficient (Wildman–Crippen LogP) is 3.87. The lowest BCUT2D eigenvalue weighted by Gasteiger charge is -2.23. The second-order valence-electron chi connectivity index (χ2n) is 7.38. The van der Waals surface area contributed by atoms with Gasteiger partial charge in [0.05, 0.1) is 6.04 Å². The maximum Gasteiger partial charge on any atom is 0.241 e. The van der Waals surface area contributed by atoms with Gasteiger partial charge in [0.2, 0.25) is 11.8 Å². The molecule has 142 valence electrons. The van der Waals surface area contributed by atoms with Gasteiger partial charge < -0.3 is 10.6 Å². The molecule has 0 aromatic heterocycles. The van der Waals surface area contributed by atoms with Crippen molar-refractivity contribution in [1.82, 2.24) is 5.32 Å². The Morgan fingerprint density at radius 1 is 1.07 bits per heavy atom. The molecule has 2 aromatic carbocycles. The summed E-state index contributed by atoms with van der Waals surface area (Å²) in [7, 11) is 0. The quantitative estimate of drug-likeness (QED) is 0.753. The zero-order valence-corrected chi connectivity index (χ0v) is 16.3. The largest absolute Gasteiger partial charge is 0.326 e. The number of aryl methyl sites for hydroxylation is 3. The van der Waals surface area contributed by atoms with E-state index in [2.05, 4.69) is 22.0 Å². The molecular formula is C22H27N3O2. The third-order valence-corrected chi connectivity index (χ3v) is 5.07. The highest BCUT2D eigenvalue weighted by Gasteiger charge is 2.19. The molecule has 0 saturated heterocycles. The van der Waals surface area contributed by atoms with Crippen molar-refractivity contribution >= 4 is 23.2 Å². The molecule has 27 heavy (non-hydrogen) atoms. The minimum atomic E-state index is -0.337. The minimum absolute atomic E-state index is 0.0206. The van der Waals surface area contributed by atoms with Crippen molar-refractivity contribution in [3.63, 3.8) is 0 Å². The van der Waals surface area contributed by atoms with Gasteiger partial charge in [-0.25, -0.2) is 0 Å². The number of carbonyl (C=O) groups is 2. The van der Waals surface area contributed by atoms with Crippen LogP contribution < -0.4 is 16.0 Å². The van der Waals surface area contributed by atoms with Gasteiger partial charge in [0, 0.05) is 23.8 Å². The molecule has 2 amide bonds. The number of hydrogen-bond acceptors (Lipinski definition) is 3. The summed E-state index contributed by atoms with van der Waals surface area (Å²) in [6.45, 7) is 7.92. The lowest BCUT2D eigenvalue weighted by Crippen LogP contribution is -2.39. The maximum atomic E-state index is 12.6. The fraction of sp³-hybridized carbons (Fsp3) is 0.364. The van der Waals surface area contributed by atoms with Crippen LogP contribution in [0.15, 0.2) is 36.4 Å². The van der Waals surface area contributed by atoms with Gasteiger partial charge in [0.25, 0.3) is 0 Å². The Bertz CT molecular complexity index is 876. The summed E-state index contributed by atoms with van der Waals surface area (Å²) in [4.78, 5) is 24.1. The second-order valence-corrected chi connectivity index (χ2v) is 7.38. The van der Waals surface area contributed by atoms with E-state index in [1.54, 1.807) is 0 Å². The first kappa shape index (κ1) is 19.1. The van der Waals surface area contributed by atoms with Crippen molar-refractivity contribution in [2.24, 2.45) is 0 Å². The highest BCUT2D eigenvalue weighted by molar-refractivity contribution is 5.95. The van der Waals surface area contributed by atoms with Gasteiger partial charge in [-0.2, -0.15) is 0 Å². The van der Waals surface area contributed by atoms with Crippen molar-refractivity contribution < 1.29 is 9.59 Å². The molecule has 1 heterocycles. The smallest absolute Gasteiger partial charge is 0.241 e. The monoisotopic (exact) mass is 365 g/mol. The van der Waals surface area contributed by atoms with Crippen LogP contribution in [0.4, 0.5) is 11.4 Å². The standard InChI is InChI=1S/C22H27N3O2/c1-13-5-6-14(2)20(11-13)25-22(27)16(4)23-15(3)17-7-9-19-18(12-17)8-10-21(26)24-19/h5-7,9,11-12,15-16,23H,8,10H2,1-4H3,(H,24,26)(H,25,27)/t15-,16+/m0/s1. The number of rotatable bonds is 5. The molecule has 0 saturated carbocycles. The summed E-state index contributed by atoms with van der Waals surface area (Å²) in [5, 5.41) is 9.28. The van der Waals surface area contributed by atoms with Crippen molar-refractivity contribution in [2.45, 2.75) is 52.6 Å². The topological polar surface area (TPSA) is 70.2 Å². The van der Waals surface area contributed by atoms with Gasteiger partial charge in [-0.3, -0.25) is 14.9 Å². The summed E-state index contributed by atoms with van der Waals surface area (Å²) in [6, 6.07) is 11.8. The first-order valence-electron chi connectivity index (χ1n) is 9.40. The summed E-state index contributed by atoms with van der Waals surface area (Å²) in [5.41, 5.74) is 6.16. The van der Waals surface area contributed by atoms with Gasteiger partial charge in [-0.15, -0.1) is 0 Å². The Morgan fingerprint density at radius 3 is 2.63 bits per heavy atom. The summed E-state index contributed by atoms with van der Waals surface area (Å²) >= 11 is 0. The molecule has 3 N–H and O–H groups in total. The number of nitrogens with one attached hydrogen (secondary N) is 3. The highest BCUT2D eigenvalue weighted by Crippen LogP contribution is 2.26. The number of carbonyl (C=O) groups excluding carboxylic acids is 2. The van der Waals surface area contributed by atoms with E-state index in [9.17, 15) is 9.59 Å². The van der Waals surface area contributed by atoms with Gasteiger partial charge in [-0.1, -0.05) is 24.3 Å². The van der Waals surface area contributed by atoms with E-state index >= 15 is 0 Å². The third-order valence-electron chi connectivity index (χ3n) is 5.07. The first-order chi connectivity index (χ1) is 12.8. The molecule has 2 atom stereocenters. The van der Waals surface area contributed by atoms with Crippen LogP contribution in [0.1, 0.15) is 48.6 Å². The Hall–Kier alpha value is -2.66. The number of hydrogen-bond donors (Lipinski definition) is 3. The van der Waals surface area contributed by atoms with Crippen LogP contribution in [0, 0.1) is 13.8 Å². The summed E-state index contributed by atoms with van der Waals surface area (Å²) in [6.07, 6.45) is 1.28. The van der Waals surface area contributed by atoms with Crippen molar-refractivity contribution in [1.29, 1.82) is 0 Å². The SMILES string of the molecule is Cc1ccc(C)c(NC(=O)[C@@H](C)N[C@@H](C)c2ccc3c(c2)CCC(=O)N3)c1. The maximum absolute atomic E-state index is 12.6. The zero-order valence-electron chi connectivity index (χ0n) is 16.3. The number of amides is 2. The number of anilines is 2. The van der Waals surface area contributed by atoms with Crippen LogP contribution >= 0.6 is 0 Å². The predicted molar refractivity (Wildman–Crippen MR) is 109 cm³/mol. The van der Waals surface area contributed by atoms with Crippen LogP contribution in [-0.4, -0.2) is 17.9 Å². The van der Waals surface area contributed by atoms with Crippen LogP contribution in [-0.2, 0) is 16.0 Å².